The lowest BCUT2D eigenvalue weighted by Gasteiger charge is -2.27. The zero-order valence-electron chi connectivity index (χ0n) is 12.0. The zero-order valence-corrected chi connectivity index (χ0v) is 12.8. The second kappa shape index (κ2) is 8.19. The number of ether oxygens (including phenoxy) is 1. The van der Waals surface area contributed by atoms with Gasteiger partial charge in [-0.3, -0.25) is 0 Å². The van der Waals surface area contributed by atoms with Crippen LogP contribution in [0, 0.1) is 5.92 Å². The van der Waals surface area contributed by atoms with Crippen LogP contribution in [-0.4, -0.2) is 57.4 Å². The summed E-state index contributed by atoms with van der Waals surface area (Å²) in [5.41, 5.74) is 0. The summed E-state index contributed by atoms with van der Waals surface area (Å²) in [6.45, 7) is 3.33. The number of hydrogen-bond donors (Lipinski definition) is 2. The van der Waals surface area contributed by atoms with E-state index in [0.29, 0.717) is 19.7 Å². The molecular formula is C13H27NO4S. The van der Waals surface area contributed by atoms with Crippen LogP contribution in [0.5, 0.6) is 0 Å². The number of hydrogen-bond acceptors (Lipinski definition) is 5. The maximum atomic E-state index is 10.9. The van der Waals surface area contributed by atoms with Crippen LogP contribution in [0.4, 0.5) is 0 Å². The number of rotatable bonds is 8. The van der Waals surface area contributed by atoms with E-state index in [4.69, 9.17) is 4.74 Å². The standard InChI is InChI=1S/C13H27NO4S/c1-11-3-5-13(6-4-11)18-10-12(15)9-14-7-8-19(2,16)17/h11-15H,3-10H2,1-2H3. The fraction of sp³-hybridized carbons (Fsp3) is 1.00. The van der Waals surface area contributed by atoms with Gasteiger partial charge in [-0.2, -0.15) is 0 Å². The minimum Gasteiger partial charge on any atom is -0.389 e. The van der Waals surface area contributed by atoms with Gasteiger partial charge in [0.15, 0.2) is 0 Å². The molecule has 0 aromatic carbocycles. The molecule has 0 heterocycles. The molecule has 0 bridgehead atoms. The van der Waals surface area contributed by atoms with Crippen molar-refractivity contribution in [2.45, 2.75) is 44.8 Å². The maximum absolute atomic E-state index is 10.9. The molecule has 1 fully saturated rings. The second-order valence-electron chi connectivity index (χ2n) is 5.70. The van der Waals surface area contributed by atoms with Gasteiger partial charge in [0, 0.05) is 19.3 Å². The van der Waals surface area contributed by atoms with Crippen LogP contribution in [0.2, 0.25) is 0 Å². The molecule has 1 rings (SSSR count). The van der Waals surface area contributed by atoms with Crippen molar-refractivity contribution < 1.29 is 18.3 Å². The van der Waals surface area contributed by atoms with Gasteiger partial charge in [-0.05, 0) is 31.6 Å². The Morgan fingerprint density at radius 3 is 2.53 bits per heavy atom. The zero-order chi connectivity index (χ0) is 14.3. The Balaban J connectivity index is 2.03. The average molecular weight is 293 g/mol. The molecular weight excluding hydrogens is 266 g/mol. The minimum atomic E-state index is -2.93. The summed E-state index contributed by atoms with van der Waals surface area (Å²) in [7, 11) is -2.93. The van der Waals surface area contributed by atoms with Crippen LogP contribution >= 0.6 is 0 Å². The monoisotopic (exact) mass is 293 g/mol. The molecule has 0 aromatic heterocycles. The first-order chi connectivity index (χ1) is 8.87. The van der Waals surface area contributed by atoms with Gasteiger partial charge in [0.25, 0.3) is 0 Å². The van der Waals surface area contributed by atoms with Crippen molar-refractivity contribution in [1.82, 2.24) is 5.32 Å². The Morgan fingerprint density at radius 1 is 1.32 bits per heavy atom. The minimum absolute atomic E-state index is 0.0983. The van der Waals surface area contributed by atoms with Gasteiger partial charge >= 0.3 is 0 Å². The van der Waals surface area contributed by atoms with Crippen LogP contribution in [-0.2, 0) is 14.6 Å². The van der Waals surface area contributed by atoms with Crippen molar-refractivity contribution in [3.63, 3.8) is 0 Å². The van der Waals surface area contributed by atoms with E-state index in [0.717, 1.165) is 18.8 Å². The van der Waals surface area contributed by atoms with Crippen LogP contribution in [0.1, 0.15) is 32.6 Å². The molecule has 0 aromatic rings. The highest BCUT2D eigenvalue weighted by molar-refractivity contribution is 7.90. The summed E-state index contributed by atoms with van der Waals surface area (Å²) in [4.78, 5) is 0. The van der Waals surface area contributed by atoms with Crippen molar-refractivity contribution in [1.29, 1.82) is 0 Å². The van der Waals surface area contributed by atoms with Crippen molar-refractivity contribution in [2.75, 3.05) is 31.7 Å². The fourth-order valence-corrected chi connectivity index (χ4v) is 2.74. The highest BCUT2D eigenvalue weighted by atomic mass is 32.2. The topological polar surface area (TPSA) is 75.6 Å². The van der Waals surface area contributed by atoms with Crippen LogP contribution in [0.15, 0.2) is 0 Å². The molecule has 114 valence electrons. The quantitative estimate of drug-likeness (QED) is 0.640. The Bertz CT molecular complexity index is 337. The normalized spacial score (nSPS) is 26.3. The molecule has 19 heavy (non-hydrogen) atoms. The summed E-state index contributed by atoms with van der Waals surface area (Å²) in [5, 5.41) is 12.7. The molecule has 6 heteroatoms. The summed E-state index contributed by atoms with van der Waals surface area (Å²) in [6.07, 6.45) is 5.48. The smallest absolute Gasteiger partial charge is 0.148 e. The van der Waals surface area contributed by atoms with Crippen LogP contribution in [0.3, 0.4) is 0 Å². The van der Waals surface area contributed by atoms with Crippen molar-refractivity contribution in [2.24, 2.45) is 5.92 Å². The van der Waals surface area contributed by atoms with Gasteiger partial charge in [0.1, 0.15) is 9.84 Å². The van der Waals surface area contributed by atoms with E-state index in [2.05, 4.69) is 12.2 Å². The third kappa shape index (κ3) is 8.57. The first-order valence-corrected chi connectivity index (χ1v) is 9.11. The molecule has 0 aliphatic heterocycles. The van der Waals surface area contributed by atoms with Gasteiger partial charge in [-0.1, -0.05) is 6.92 Å². The molecule has 5 nitrogen and oxygen atoms in total. The summed E-state index contributed by atoms with van der Waals surface area (Å²) >= 11 is 0. The van der Waals surface area contributed by atoms with E-state index < -0.39 is 15.9 Å². The fourth-order valence-electron chi connectivity index (χ4n) is 2.23. The SMILES string of the molecule is CC1CCC(OCC(O)CNCCS(C)(=O)=O)CC1. The summed E-state index contributed by atoms with van der Waals surface area (Å²) in [5.74, 6) is 0.892. The predicted octanol–water partition coefficient (Wildman–Crippen LogP) is 0.577. The van der Waals surface area contributed by atoms with E-state index in [1.807, 2.05) is 0 Å². The van der Waals surface area contributed by atoms with Crippen molar-refractivity contribution in [3.8, 4) is 0 Å². The van der Waals surface area contributed by atoms with Crippen molar-refractivity contribution >= 4 is 9.84 Å². The van der Waals surface area contributed by atoms with E-state index >= 15 is 0 Å². The molecule has 1 aliphatic carbocycles. The number of nitrogens with one attached hydrogen (secondary N) is 1. The highest BCUT2D eigenvalue weighted by Crippen LogP contribution is 2.25. The second-order valence-corrected chi connectivity index (χ2v) is 7.96. The number of aliphatic hydroxyl groups is 1. The predicted molar refractivity (Wildman–Crippen MR) is 76.0 cm³/mol. The molecule has 1 aliphatic rings. The van der Waals surface area contributed by atoms with Gasteiger partial charge in [-0.15, -0.1) is 0 Å². The Morgan fingerprint density at radius 2 is 1.95 bits per heavy atom. The molecule has 1 atom stereocenters. The molecule has 0 radical (unpaired) electrons. The maximum Gasteiger partial charge on any atom is 0.148 e. The van der Waals surface area contributed by atoms with Gasteiger partial charge < -0.3 is 15.2 Å². The molecule has 1 unspecified atom stereocenters. The van der Waals surface area contributed by atoms with Gasteiger partial charge in [0.2, 0.25) is 0 Å². The number of sulfone groups is 1. The molecule has 2 N–H and O–H groups in total. The number of aliphatic hydroxyl groups excluding tert-OH is 1. The van der Waals surface area contributed by atoms with E-state index in [1.54, 1.807) is 0 Å². The van der Waals surface area contributed by atoms with Crippen molar-refractivity contribution in [3.05, 3.63) is 0 Å². The van der Waals surface area contributed by atoms with E-state index in [-0.39, 0.29) is 11.9 Å². The molecule has 1 saturated carbocycles. The lowest BCUT2D eigenvalue weighted by molar-refractivity contribution is -0.0276. The van der Waals surface area contributed by atoms with E-state index in [9.17, 15) is 13.5 Å². The Hall–Kier alpha value is -0.170. The largest absolute Gasteiger partial charge is 0.389 e. The van der Waals surface area contributed by atoms with Crippen LogP contribution in [0.25, 0.3) is 0 Å². The van der Waals surface area contributed by atoms with Gasteiger partial charge in [-0.25, -0.2) is 8.42 Å². The Labute approximate surface area is 116 Å². The third-order valence-electron chi connectivity index (χ3n) is 3.52. The van der Waals surface area contributed by atoms with Crippen LogP contribution < -0.4 is 5.32 Å². The molecule has 0 amide bonds. The lowest BCUT2D eigenvalue weighted by atomic mass is 9.89. The first kappa shape index (κ1) is 16.9. The van der Waals surface area contributed by atoms with E-state index in [1.165, 1.54) is 19.1 Å². The molecule has 0 saturated heterocycles. The third-order valence-corrected chi connectivity index (χ3v) is 4.46. The first-order valence-electron chi connectivity index (χ1n) is 7.05. The highest BCUT2D eigenvalue weighted by Gasteiger charge is 2.19. The average Bonchev–Trinajstić information content (AvgIpc) is 2.33. The Kier molecular flexibility index (Phi) is 7.28. The summed E-state index contributed by atoms with van der Waals surface area (Å²) < 4.78 is 27.5. The molecule has 0 spiro atoms. The lowest BCUT2D eigenvalue weighted by Crippen LogP contribution is -2.34. The van der Waals surface area contributed by atoms with Gasteiger partial charge in [0.05, 0.1) is 24.6 Å². The summed E-state index contributed by atoms with van der Waals surface area (Å²) in [6, 6.07) is 0.